The first-order chi connectivity index (χ1) is 20.0. The van der Waals surface area contributed by atoms with Gasteiger partial charge < -0.3 is 32.5 Å². The molecular weight excluding hydrogens is 545 g/mol. The lowest BCUT2D eigenvalue weighted by atomic mass is 10.0. The predicted octanol–water partition coefficient (Wildman–Crippen LogP) is 2.90. The van der Waals surface area contributed by atoms with Crippen molar-refractivity contribution in [1.29, 1.82) is 0 Å². The van der Waals surface area contributed by atoms with Crippen molar-refractivity contribution in [2.45, 2.75) is 64.0 Å². The minimum Gasteiger partial charge on any atom is -0.480 e. The van der Waals surface area contributed by atoms with Crippen molar-refractivity contribution < 1.29 is 28.7 Å². The van der Waals surface area contributed by atoms with E-state index in [0.29, 0.717) is 53.9 Å². The summed E-state index contributed by atoms with van der Waals surface area (Å²) in [7, 11) is 0. The third-order valence-electron chi connectivity index (χ3n) is 6.32. The number of alkyl halides is 1. The Morgan fingerprint density at radius 2 is 1.64 bits per heavy atom. The summed E-state index contributed by atoms with van der Waals surface area (Å²) in [5, 5.41) is 18.5. The molecule has 0 spiro atoms. The first-order valence-corrected chi connectivity index (χ1v) is 13.7. The lowest BCUT2D eigenvalue weighted by molar-refractivity contribution is -0.139. The van der Waals surface area contributed by atoms with Gasteiger partial charge in [-0.1, -0.05) is 25.5 Å². The maximum absolute atomic E-state index is 12.9. The van der Waals surface area contributed by atoms with Crippen molar-refractivity contribution in [3.63, 3.8) is 0 Å². The van der Waals surface area contributed by atoms with E-state index in [1.165, 1.54) is 11.2 Å². The third-order valence-corrected chi connectivity index (χ3v) is 6.32. The van der Waals surface area contributed by atoms with E-state index in [-0.39, 0.29) is 30.7 Å². The van der Waals surface area contributed by atoms with Crippen LogP contribution in [0.1, 0.15) is 61.4 Å². The Morgan fingerprint density at radius 1 is 0.976 bits per heavy atom. The van der Waals surface area contributed by atoms with E-state index in [1.807, 2.05) is 6.92 Å². The number of nitrogens with zero attached hydrogens (tertiary/aromatic N) is 1. The van der Waals surface area contributed by atoms with E-state index < -0.39 is 24.7 Å². The first kappa shape index (κ1) is 33.6. The second-order valence-electron chi connectivity index (χ2n) is 9.80. The second kappa shape index (κ2) is 17.2. The van der Waals surface area contributed by atoms with Crippen molar-refractivity contribution in [2.24, 2.45) is 17.3 Å². The molecule has 0 bridgehead atoms. The molecule has 10 N–H and O–H groups in total. The van der Waals surface area contributed by atoms with Gasteiger partial charge in [-0.3, -0.25) is 19.0 Å². The fourth-order valence-electron chi connectivity index (χ4n) is 4.14. The number of benzene rings is 2. The molecule has 0 aliphatic carbocycles. The normalized spacial score (nSPS) is 12.6. The Labute approximate surface area is 244 Å². The predicted molar refractivity (Wildman–Crippen MR) is 159 cm³/mol. The molecule has 2 rings (SSSR count). The Hall–Kier alpha value is -4.65. The number of carbonyl (C=O) groups is 4. The summed E-state index contributed by atoms with van der Waals surface area (Å²) < 4.78 is 12.3. The number of halogens is 1. The van der Waals surface area contributed by atoms with Crippen molar-refractivity contribution >= 4 is 35.2 Å². The largest absolute Gasteiger partial charge is 0.480 e. The van der Waals surface area contributed by atoms with Gasteiger partial charge in [-0.2, -0.15) is 0 Å². The molecule has 13 heteroatoms. The minimum absolute atomic E-state index is 0.0331. The number of nitrogens with two attached hydrogens (primary N) is 3. The van der Waals surface area contributed by atoms with Crippen LogP contribution in [0.15, 0.2) is 60.4 Å². The van der Waals surface area contributed by atoms with Gasteiger partial charge in [0.15, 0.2) is 0 Å². The molecule has 2 atom stereocenters. The van der Waals surface area contributed by atoms with Crippen LogP contribution in [0, 0.1) is 0 Å². The number of rotatable bonds is 17. The topological polar surface area (TPSA) is 206 Å². The molecule has 0 radical (unpaired) electrons. The Bertz CT molecular complexity index is 1220. The smallest absolute Gasteiger partial charge is 0.326 e. The van der Waals surface area contributed by atoms with Crippen molar-refractivity contribution in [3.8, 4) is 0 Å². The summed E-state index contributed by atoms with van der Waals surface area (Å²) in [5.74, 6) is 4.28. The third kappa shape index (κ3) is 11.8. The quantitative estimate of drug-likeness (QED) is 0.108. The van der Waals surface area contributed by atoms with Gasteiger partial charge in [-0.15, -0.1) is 0 Å². The summed E-state index contributed by atoms with van der Waals surface area (Å²) in [5.41, 5.74) is 13.5. The van der Waals surface area contributed by atoms with E-state index in [2.05, 4.69) is 16.0 Å². The standard InChI is InChI=1S/C29H40FN7O5/c1-2-4-22(35-27(39)20-8-13-24(14-9-20)37(33)18-21(31)5-3-16-30)12-15-26(38)34-23-10-6-19(7-11-23)17-25(28(40)41)36-29(32)42/h6-11,13-14,18,22,25H,2-5,12,15-17,31,33H2,1H3,(H,34,38)(H,35,39)(H,40,41)(H3,32,36,42)/b21-18-. The number of allylic oxidation sites excluding steroid dienone is 1. The number of hydrogen-bond donors (Lipinski definition) is 7. The molecule has 12 nitrogen and oxygen atoms in total. The van der Waals surface area contributed by atoms with Gasteiger partial charge in [-0.05, 0) is 67.6 Å². The zero-order chi connectivity index (χ0) is 31.1. The van der Waals surface area contributed by atoms with Gasteiger partial charge in [-0.25, -0.2) is 15.4 Å². The average Bonchev–Trinajstić information content (AvgIpc) is 2.95. The molecule has 0 aliphatic heterocycles. The van der Waals surface area contributed by atoms with E-state index in [4.69, 9.17) is 17.3 Å². The average molecular weight is 586 g/mol. The minimum atomic E-state index is -1.21. The fraction of sp³-hybridized carbons (Fsp3) is 0.379. The summed E-state index contributed by atoms with van der Waals surface area (Å²) >= 11 is 0. The molecule has 228 valence electrons. The zero-order valence-electron chi connectivity index (χ0n) is 23.6. The maximum atomic E-state index is 12.9. The molecule has 0 aliphatic rings. The Morgan fingerprint density at radius 3 is 2.21 bits per heavy atom. The van der Waals surface area contributed by atoms with Crippen molar-refractivity contribution in [3.05, 3.63) is 71.6 Å². The van der Waals surface area contributed by atoms with Gasteiger partial charge >= 0.3 is 12.0 Å². The maximum Gasteiger partial charge on any atom is 0.326 e. The number of carboxylic acids is 1. The molecule has 0 heterocycles. The number of amides is 4. The number of primary amides is 1. The summed E-state index contributed by atoms with van der Waals surface area (Å²) in [6, 6.07) is 10.9. The van der Waals surface area contributed by atoms with Gasteiger partial charge in [0.25, 0.3) is 5.91 Å². The molecule has 2 unspecified atom stereocenters. The number of carboxylic acid groups (broad SMARTS) is 1. The van der Waals surface area contributed by atoms with Crippen LogP contribution in [0.4, 0.5) is 20.6 Å². The van der Waals surface area contributed by atoms with E-state index in [0.717, 1.165) is 6.42 Å². The van der Waals surface area contributed by atoms with Crippen LogP contribution in [0.3, 0.4) is 0 Å². The van der Waals surface area contributed by atoms with E-state index >= 15 is 0 Å². The molecule has 4 amide bonds. The van der Waals surface area contributed by atoms with Gasteiger partial charge in [0.05, 0.1) is 12.4 Å². The number of urea groups is 1. The highest BCUT2D eigenvalue weighted by atomic mass is 19.1. The molecule has 2 aromatic rings. The van der Waals surface area contributed by atoms with Crippen LogP contribution >= 0.6 is 0 Å². The first-order valence-electron chi connectivity index (χ1n) is 13.7. The van der Waals surface area contributed by atoms with Crippen LogP contribution in [0.25, 0.3) is 0 Å². The molecule has 0 aromatic heterocycles. The van der Waals surface area contributed by atoms with Crippen molar-refractivity contribution in [2.75, 3.05) is 17.0 Å². The Kier molecular flexibility index (Phi) is 13.8. The number of hydrogen-bond acceptors (Lipinski definition) is 7. The van der Waals surface area contributed by atoms with E-state index in [1.54, 1.807) is 48.5 Å². The lowest BCUT2D eigenvalue weighted by Crippen LogP contribution is -2.44. The van der Waals surface area contributed by atoms with Gasteiger partial charge in [0.2, 0.25) is 5.91 Å². The summed E-state index contributed by atoms with van der Waals surface area (Å²) in [6.07, 6.45) is 4.36. The summed E-state index contributed by atoms with van der Waals surface area (Å²) in [6.45, 7) is 1.53. The van der Waals surface area contributed by atoms with Crippen LogP contribution < -0.4 is 38.3 Å². The molecule has 42 heavy (non-hydrogen) atoms. The van der Waals surface area contributed by atoms with Gasteiger partial charge in [0.1, 0.15) is 6.04 Å². The molecular formula is C29H40FN7O5. The van der Waals surface area contributed by atoms with Crippen LogP contribution in [-0.4, -0.2) is 47.7 Å². The fourth-order valence-corrected chi connectivity index (χ4v) is 4.14. The van der Waals surface area contributed by atoms with E-state index in [9.17, 15) is 28.7 Å². The Balaban J connectivity index is 1.89. The lowest BCUT2D eigenvalue weighted by Gasteiger charge is -2.19. The number of hydrazine groups is 1. The van der Waals surface area contributed by atoms with Crippen LogP contribution in [0.5, 0.6) is 0 Å². The molecule has 2 aromatic carbocycles. The highest BCUT2D eigenvalue weighted by Gasteiger charge is 2.19. The monoisotopic (exact) mass is 585 g/mol. The molecule has 0 saturated heterocycles. The number of aliphatic carboxylic acids is 1. The van der Waals surface area contributed by atoms with Gasteiger partial charge in [0, 0.05) is 42.0 Å². The molecule has 0 saturated carbocycles. The SMILES string of the molecule is CCCC(CCC(=O)Nc1ccc(CC(NC(N)=O)C(=O)O)cc1)NC(=O)c1ccc(N(N)/C=C(\N)CCCF)cc1. The zero-order valence-corrected chi connectivity index (χ0v) is 23.6. The highest BCUT2D eigenvalue weighted by Crippen LogP contribution is 2.16. The summed E-state index contributed by atoms with van der Waals surface area (Å²) in [4.78, 5) is 47.7. The van der Waals surface area contributed by atoms with Crippen molar-refractivity contribution in [1.82, 2.24) is 10.6 Å². The molecule has 0 fully saturated rings. The van der Waals surface area contributed by atoms with Crippen LogP contribution in [-0.2, 0) is 16.0 Å². The number of carbonyl (C=O) groups excluding carboxylic acids is 3. The number of anilines is 2. The second-order valence-corrected chi connectivity index (χ2v) is 9.80. The number of nitrogens with one attached hydrogen (secondary N) is 3. The highest BCUT2D eigenvalue weighted by molar-refractivity contribution is 5.95. The van der Waals surface area contributed by atoms with Crippen LogP contribution in [0.2, 0.25) is 0 Å².